The molecule has 2 atom stereocenters. The first-order valence-electron chi connectivity index (χ1n) is 6.37. The Morgan fingerprint density at radius 2 is 2.18 bits per heavy atom. The molecule has 0 saturated carbocycles. The maximum atomic E-state index is 6.00. The third-order valence-corrected chi connectivity index (χ3v) is 4.35. The highest BCUT2D eigenvalue weighted by atomic mass is 35.5. The molecule has 2 bridgehead atoms. The second kappa shape index (κ2) is 4.46. The number of halogens is 1. The zero-order valence-electron chi connectivity index (χ0n) is 10.1. The molecule has 0 aromatic carbocycles. The first-order chi connectivity index (χ1) is 8.25. The molecular weight excluding hydrogens is 234 g/mol. The van der Waals surface area contributed by atoms with Crippen LogP contribution in [0.5, 0.6) is 0 Å². The maximum absolute atomic E-state index is 6.00. The Morgan fingerprint density at radius 1 is 1.35 bits per heavy atom. The van der Waals surface area contributed by atoms with Crippen LogP contribution in [0.4, 0.5) is 5.69 Å². The number of pyridine rings is 1. The molecule has 3 nitrogen and oxygen atoms in total. The van der Waals surface area contributed by atoms with Gasteiger partial charge in [-0.25, -0.2) is 4.98 Å². The first-order valence-corrected chi connectivity index (χ1v) is 6.74. The SMILES string of the molecule is Cc1cc(N2[C@@H]3CCNC[C@H]2CC3)cnc1Cl. The van der Waals surface area contributed by atoms with E-state index >= 15 is 0 Å². The minimum atomic E-state index is 0.619. The van der Waals surface area contributed by atoms with Crippen LogP contribution in [0.25, 0.3) is 0 Å². The molecule has 0 spiro atoms. The van der Waals surface area contributed by atoms with E-state index in [-0.39, 0.29) is 0 Å². The third-order valence-electron chi connectivity index (χ3n) is 3.95. The number of hydrogen-bond acceptors (Lipinski definition) is 3. The lowest BCUT2D eigenvalue weighted by Crippen LogP contribution is -2.38. The van der Waals surface area contributed by atoms with E-state index < -0.39 is 0 Å². The molecule has 3 rings (SSSR count). The van der Waals surface area contributed by atoms with Crippen LogP contribution in [-0.2, 0) is 0 Å². The van der Waals surface area contributed by atoms with E-state index in [2.05, 4.69) is 21.3 Å². The minimum Gasteiger partial charge on any atom is -0.363 e. The highest BCUT2D eigenvalue weighted by Crippen LogP contribution is 2.33. The molecule has 2 aliphatic rings. The van der Waals surface area contributed by atoms with Crippen LogP contribution in [0.3, 0.4) is 0 Å². The van der Waals surface area contributed by atoms with Crippen molar-refractivity contribution in [3.63, 3.8) is 0 Å². The van der Waals surface area contributed by atoms with Crippen molar-refractivity contribution in [2.75, 3.05) is 18.0 Å². The minimum absolute atomic E-state index is 0.619. The van der Waals surface area contributed by atoms with Gasteiger partial charge in [-0.3, -0.25) is 0 Å². The zero-order chi connectivity index (χ0) is 11.8. The monoisotopic (exact) mass is 251 g/mol. The summed E-state index contributed by atoms with van der Waals surface area (Å²) in [6.45, 7) is 4.26. The Bertz CT molecular complexity index is 407. The number of aryl methyl sites for hydroxylation is 1. The molecule has 92 valence electrons. The predicted molar refractivity (Wildman–Crippen MR) is 70.8 cm³/mol. The van der Waals surface area contributed by atoms with Crippen molar-refractivity contribution in [3.05, 3.63) is 23.0 Å². The summed E-state index contributed by atoms with van der Waals surface area (Å²) >= 11 is 6.00. The van der Waals surface area contributed by atoms with Gasteiger partial charge in [0.15, 0.2) is 0 Å². The van der Waals surface area contributed by atoms with E-state index in [4.69, 9.17) is 11.6 Å². The molecule has 1 aromatic rings. The van der Waals surface area contributed by atoms with Crippen molar-refractivity contribution in [2.45, 2.75) is 38.3 Å². The van der Waals surface area contributed by atoms with Crippen LogP contribution in [0.2, 0.25) is 5.15 Å². The molecule has 2 saturated heterocycles. The molecule has 17 heavy (non-hydrogen) atoms. The Balaban J connectivity index is 1.94. The molecule has 1 N–H and O–H groups in total. The smallest absolute Gasteiger partial charge is 0.132 e. The lowest BCUT2D eigenvalue weighted by Gasteiger charge is -2.30. The molecular formula is C13H18ClN3. The fraction of sp³-hybridized carbons (Fsp3) is 0.615. The number of aromatic nitrogens is 1. The molecule has 2 fully saturated rings. The quantitative estimate of drug-likeness (QED) is 0.777. The topological polar surface area (TPSA) is 28.2 Å². The van der Waals surface area contributed by atoms with Crippen LogP contribution in [0.15, 0.2) is 12.3 Å². The van der Waals surface area contributed by atoms with Gasteiger partial charge in [0.25, 0.3) is 0 Å². The number of nitrogens with zero attached hydrogens (tertiary/aromatic N) is 2. The van der Waals surface area contributed by atoms with Crippen molar-refractivity contribution in [3.8, 4) is 0 Å². The second-order valence-electron chi connectivity index (χ2n) is 5.09. The highest BCUT2D eigenvalue weighted by molar-refractivity contribution is 6.30. The van der Waals surface area contributed by atoms with Gasteiger partial charge in [0.1, 0.15) is 5.15 Å². The summed E-state index contributed by atoms with van der Waals surface area (Å²) in [5.74, 6) is 0. The molecule has 1 aromatic heterocycles. The van der Waals surface area contributed by atoms with Crippen molar-refractivity contribution >= 4 is 17.3 Å². The van der Waals surface area contributed by atoms with Gasteiger partial charge in [0, 0.05) is 18.6 Å². The summed E-state index contributed by atoms with van der Waals surface area (Å²) in [7, 11) is 0. The summed E-state index contributed by atoms with van der Waals surface area (Å²) in [6, 6.07) is 3.48. The van der Waals surface area contributed by atoms with Crippen molar-refractivity contribution in [1.82, 2.24) is 10.3 Å². The fourth-order valence-corrected chi connectivity index (χ4v) is 3.19. The van der Waals surface area contributed by atoms with Gasteiger partial charge in [-0.2, -0.15) is 0 Å². The van der Waals surface area contributed by atoms with Crippen molar-refractivity contribution in [2.24, 2.45) is 0 Å². The predicted octanol–water partition coefficient (Wildman–Crippen LogP) is 2.37. The van der Waals surface area contributed by atoms with Gasteiger partial charge < -0.3 is 10.2 Å². The number of rotatable bonds is 1. The molecule has 2 aliphatic heterocycles. The second-order valence-corrected chi connectivity index (χ2v) is 5.44. The Kier molecular flexibility index (Phi) is 2.97. The zero-order valence-corrected chi connectivity index (χ0v) is 10.9. The van der Waals surface area contributed by atoms with E-state index in [0.717, 1.165) is 18.7 Å². The van der Waals surface area contributed by atoms with Gasteiger partial charge in [0.05, 0.1) is 11.9 Å². The summed E-state index contributed by atoms with van der Waals surface area (Å²) in [5.41, 5.74) is 2.31. The highest BCUT2D eigenvalue weighted by Gasteiger charge is 2.35. The first kappa shape index (κ1) is 11.3. The molecule has 0 amide bonds. The van der Waals surface area contributed by atoms with Gasteiger partial charge in [0.2, 0.25) is 0 Å². The summed E-state index contributed by atoms with van der Waals surface area (Å²) < 4.78 is 0. The van der Waals surface area contributed by atoms with Crippen LogP contribution < -0.4 is 10.2 Å². The summed E-state index contributed by atoms with van der Waals surface area (Å²) in [6.07, 6.45) is 5.76. The van der Waals surface area contributed by atoms with E-state index in [1.54, 1.807) is 0 Å². The van der Waals surface area contributed by atoms with Crippen molar-refractivity contribution < 1.29 is 0 Å². The number of hydrogen-bond donors (Lipinski definition) is 1. The molecule has 0 aliphatic carbocycles. The third kappa shape index (κ3) is 2.02. The van der Waals surface area contributed by atoms with E-state index in [1.807, 2.05) is 13.1 Å². The Labute approximate surface area is 107 Å². The molecule has 4 heteroatoms. The fourth-order valence-electron chi connectivity index (χ4n) is 3.09. The molecule has 3 heterocycles. The van der Waals surface area contributed by atoms with Gasteiger partial charge in [-0.1, -0.05) is 11.6 Å². The Morgan fingerprint density at radius 3 is 3.00 bits per heavy atom. The lowest BCUT2D eigenvalue weighted by molar-refractivity contribution is 0.567. The van der Waals surface area contributed by atoms with Crippen molar-refractivity contribution in [1.29, 1.82) is 0 Å². The van der Waals surface area contributed by atoms with Crippen LogP contribution >= 0.6 is 11.6 Å². The van der Waals surface area contributed by atoms with E-state index in [1.165, 1.54) is 24.9 Å². The number of nitrogens with one attached hydrogen (secondary N) is 1. The van der Waals surface area contributed by atoms with Gasteiger partial charge in [-0.15, -0.1) is 0 Å². The molecule has 0 unspecified atom stereocenters. The van der Waals surface area contributed by atoms with Crippen LogP contribution in [-0.4, -0.2) is 30.2 Å². The maximum Gasteiger partial charge on any atom is 0.132 e. The van der Waals surface area contributed by atoms with Crippen LogP contribution in [0, 0.1) is 6.92 Å². The summed E-state index contributed by atoms with van der Waals surface area (Å²) in [4.78, 5) is 6.84. The average Bonchev–Trinajstić information content (AvgIpc) is 2.56. The lowest BCUT2D eigenvalue weighted by atomic mass is 10.1. The summed E-state index contributed by atoms with van der Waals surface area (Å²) in [5, 5.41) is 4.14. The number of fused-ring (bicyclic) bond motifs is 2. The average molecular weight is 252 g/mol. The number of anilines is 1. The largest absolute Gasteiger partial charge is 0.363 e. The normalized spacial score (nSPS) is 28.2. The standard InChI is InChI=1S/C13H18ClN3/c1-9-6-12(8-16-13(9)14)17-10-2-3-11(17)7-15-5-4-10/h6,8,10-11,15H,2-5,7H2,1H3/t10-,11+/m0/s1. The van der Waals surface area contributed by atoms with Gasteiger partial charge in [-0.05, 0) is 44.4 Å². The van der Waals surface area contributed by atoms with Gasteiger partial charge >= 0.3 is 0 Å². The Hall–Kier alpha value is -0.800. The molecule has 0 radical (unpaired) electrons. The van der Waals surface area contributed by atoms with Crippen LogP contribution in [0.1, 0.15) is 24.8 Å². The van der Waals surface area contributed by atoms with E-state index in [0.29, 0.717) is 17.2 Å². The van der Waals surface area contributed by atoms with E-state index in [9.17, 15) is 0 Å².